The van der Waals surface area contributed by atoms with E-state index in [9.17, 15) is 0 Å². The van der Waals surface area contributed by atoms with Crippen molar-refractivity contribution in [2.24, 2.45) is 0 Å². The lowest BCUT2D eigenvalue weighted by atomic mass is 10.0. The fraction of sp³-hybridized carbons (Fsp3) is 0.250. The molecule has 0 aromatic heterocycles. The van der Waals surface area contributed by atoms with Crippen LogP contribution in [0, 0.1) is 0 Å². The Morgan fingerprint density at radius 2 is 1.53 bits per heavy atom. The van der Waals surface area contributed by atoms with E-state index in [1.54, 1.807) is 14.2 Å². The van der Waals surface area contributed by atoms with Gasteiger partial charge in [0.15, 0.2) is 11.5 Å². The highest BCUT2D eigenvalue weighted by atomic mass is 16.5. The van der Waals surface area contributed by atoms with Crippen LogP contribution in [0.5, 0.6) is 17.2 Å². The van der Waals surface area contributed by atoms with Gasteiger partial charge in [-0.15, -0.1) is 0 Å². The second-order valence-corrected chi connectivity index (χ2v) is 3.97. The third-order valence-electron chi connectivity index (χ3n) is 2.87. The molecule has 0 spiro atoms. The summed E-state index contributed by atoms with van der Waals surface area (Å²) in [5.74, 6) is 2.19. The van der Waals surface area contributed by atoms with Crippen LogP contribution in [0.15, 0.2) is 42.5 Å². The third kappa shape index (κ3) is 2.65. The Morgan fingerprint density at radius 3 is 2.11 bits per heavy atom. The highest BCUT2D eigenvalue weighted by Crippen LogP contribution is 2.44. The Morgan fingerprint density at radius 1 is 0.842 bits per heavy atom. The summed E-state index contributed by atoms with van der Waals surface area (Å²) in [4.78, 5) is 0. The van der Waals surface area contributed by atoms with E-state index in [-0.39, 0.29) is 0 Å². The summed E-state index contributed by atoms with van der Waals surface area (Å²) in [5, 5.41) is 0. The molecule has 2 aromatic carbocycles. The van der Waals surface area contributed by atoms with Gasteiger partial charge in [-0.05, 0) is 24.6 Å². The maximum atomic E-state index is 5.70. The second kappa shape index (κ2) is 6.14. The molecule has 0 N–H and O–H groups in total. The molecule has 0 saturated heterocycles. The molecule has 3 nitrogen and oxygen atoms in total. The molecule has 0 aliphatic rings. The zero-order valence-corrected chi connectivity index (χ0v) is 11.5. The topological polar surface area (TPSA) is 27.7 Å². The molecule has 0 amide bonds. The van der Waals surface area contributed by atoms with Crippen LogP contribution >= 0.6 is 0 Å². The van der Waals surface area contributed by atoms with Crippen molar-refractivity contribution in [3.8, 4) is 28.4 Å². The molecule has 0 radical (unpaired) electrons. The van der Waals surface area contributed by atoms with Crippen molar-refractivity contribution in [3.63, 3.8) is 0 Å². The number of rotatable bonds is 5. The van der Waals surface area contributed by atoms with E-state index in [4.69, 9.17) is 14.2 Å². The van der Waals surface area contributed by atoms with Gasteiger partial charge in [0.05, 0.1) is 26.4 Å². The van der Waals surface area contributed by atoms with E-state index in [1.165, 1.54) is 0 Å². The molecule has 19 heavy (non-hydrogen) atoms. The molecule has 0 bridgehead atoms. The zero-order valence-electron chi connectivity index (χ0n) is 11.5. The fourth-order valence-corrected chi connectivity index (χ4v) is 2.06. The molecule has 0 heterocycles. The molecule has 100 valence electrons. The lowest BCUT2D eigenvalue weighted by Crippen LogP contribution is -1.99. The lowest BCUT2D eigenvalue weighted by molar-refractivity contribution is 0.330. The minimum atomic E-state index is 0.606. The van der Waals surface area contributed by atoms with Gasteiger partial charge in [-0.25, -0.2) is 0 Å². The van der Waals surface area contributed by atoms with Crippen LogP contribution in [0.1, 0.15) is 6.92 Å². The van der Waals surface area contributed by atoms with Gasteiger partial charge in [0.25, 0.3) is 0 Å². The average Bonchev–Trinajstić information content (AvgIpc) is 2.47. The van der Waals surface area contributed by atoms with E-state index in [1.807, 2.05) is 49.4 Å². The maximum absolute atomic E-state index is 5.70. The van der Waals surface area contributed by atoms with Crippen LogP contribution in [-0.2, 0) is 0 Å². The van der Waals surface area contributed by atoms with Gasteiger partial charge in [0.2, 0.25) is 0 Å². The summed E-state index contributed by atoms with van der Waals surface area (Å²) in [5.41, 5.74) is 1.96. The quantitative estimate of drug-likeness (QED) is 0.817. The molecule has 3 heteroatoms. The third-order valence-corrected chi connectivity index (χ3v) is 2.87. The van der Waals surface area contributed by atoms with Crippen LogP contribution in [0.4, 0.5) is 0 Å². The molecule has 0 saturated carbocycles. The molecule has 0 aliphatic heterocycles. The monoisotopic (exact) mass is 258 g/mol. The Hall–Kier alpha value is -2.16. The molecule has 0 aliphatic carbocycles. The first-order chi connectivity index (χ1) is 9.31. The molecule has 2 rings (SSSR count). The summed E-state index contributed by atoms with van der Waals surface area (Å²) in [7, 11) is 3.27. The van der Waals surface area contributed by atoms with Crippen LogP contribution in [0.25, 0.3) is 11.1 Å². The molecular formula is C16H18O3. The van der Waals surface area contributed by atoms with Crippen molar-refractivity contribution in [1.29, 1.82) is 0 Å². The van der Waals surface area contributed by atoms with Crippen LogP contribution in [0.2, 0.25) is 0 Å². The van der Waals surface area contributed by atoms with Gasteiger partial charge in [0.1, 0.15) is 5.75 Å². The van der Waals surface area contributed by atoms with Gasteiger partial charge in [-0.1, -0.05) is 30.3 Å². The van der Waals surface area contributed by atoms with Crippen molar-refractivity contribution < 1.29 is 14.2 Å². The summed E-state index contributed by atoms with van der Waals surface area (Å²) >= 11 is 0. The van der Waals surface area contributed by atoms with E-state index >= 15 is 0 Å². The smallest absolute Gasteiger partial charge is 0.172 e. The standard InChI is InChI=1S/C16H18O3/c1-4-19-13-10-11-14(17-2)16(18-3)15(13)12-8-6-5-7-9-12/h5-11H,4H2,1-3H3. The average molecular weight is 258 g/mol. The normalized spacial score (nSPS) is 10.1. The highest BCUT2D eigenvalue weighted by molar-refractivity contribution is 5.79. The minimum Gasteiger partial charge on any atom is -0.493 e. The Kier molecular flexibility index (Phi) is 4.29. The van der Waals surface area contributed by atoms with Crippen molar-refractivity contribution >= 4 is 0 Å². The van der Waals surface area contributed by atoms with Gasteiger partial charge >= 0.3 is 0 Å². The molecular weight excluding hydrogens is 240 g/mol. The predicted octanol–water partition coefficient (Wildman–Crippen LogP) is 3.77. The Balaban J connectivity index is 2.65. The highest BCUT2D eigenvalue weighted by Gasteiger charge is 2.17. The molecule has 0 unspecified atom stereocenters. The fourth-order valence-electron chi connectivity index (χ4n) is 2.06. The zero-order chi connectivity index (χ0) is 13.7. The minimum absolute atomic E-state index is 0.606. The molecule has 0 fully saturated rings. The largest absolute Gasteiger partial charge is 0.493 e. The van der Waals surface area contributed by atoms with Gasteiger partial charge in [-0.3, -0.25) is 0 Å². The van der Waals surface area contributed by atoms with Crippen molar-refractivity contribution in [2.45, 2.75) is 6.92 Å². The summed E-state index contributed by atoms with van der Waals surface area (Å²) in [6.45, 7) is 2.57. The van der Waals surface area contributed by atoms with Crippen molar-refractivity contribution in [1.82, 2.24) is 0 Å². The Labute approximate surface area is 113 Å². The second-order valence-electron chi connectivity index (χ2n) is 3.97. The van der Waals surface area contributed by atoms with E-state index in [0.717, 1.165) is 16.9 Å². The van der Waals surface area contributed by atoms with Gasteiger partial charge in [-0.2, -0.15) is 0 Å². The van der Waals surface area contributed by atoms with E-state index in [0.29, 0.717) is 18.1 Å². The Bertz CT molecular complexity index is 535. The van der Waals surface area contributed by atoms with Crippen molar-refractivity contribution in [2.75, 3.05) is 20.8 Å². The van der Waals surface area contributed by atoms with Gasteiger partial charge < -0.3 is 14.2 Å². The van der Waals surface area contributed by atoms with Crippen LogP contribution in [0.3, 0.4) is 0 Å². The number of hydrogen-bond donors (Lipinski definition) is 0. The number of ether oxygens (including phenoxy) is 3. The van der Waals surface area contributed by atoms with Crippen molar-refractivity contribution in [3.05, 3.63) is 42.5 Å². The SMILES string of the molecule is CCOc1ccc(OC)c(OC)c1-c1ccccc1. The lowest BCUT2D eigenvalue weighted by Gasteiger charge is -2.17. The van der Waals surface area contributed by atoms with Crippen LogP contribution < -0.4 is 14.2 Å². The summed E-state index contributed by atoms with van der Waals surface area (Å²) in [6, 6.07) is 13.8. The van der Waals surface area contributed by atoms with E-state index in [2.05, 4.69) is 0 Å². The first kappa shape index (κ1) is 13.3. The molecule has 2 aromatic rings. The number of benzene rings is 2. The van der Waals surface area contributed by atoms with Gasteiger partial charge in [0, 0.05) is 0 Å². The summed E-state index contributed by atoms with van der Waals surface area (Å²) in [6.07, 6.45) is 0. The predicted molar refractivity (Wildman–Crippen MR) is 76.2 cm³/mol. The maximum Gasteiger partial charge on any atom is 0.172 e. The first-order valence-electron chi connectivity index (χ1n) is 6.25. The number of hydrogen-bond acceptors (Lipinski definition) is 3. The van der Waals surface area contributed by atoms with E-state index < -0.39 is 0 Å². The first-order valence-corrected chi connectivity index (χ1v) is 6.25. The number of methoxy groups -OCH3 is 2. The summed E-state index contributed by atoms with van der Waals surface area (Å²) < 4.78 is 16.6. The van der Waals surface area contributed by atoms with Crippen LogP contribution in [-0.4, -0.2) is 20.8 Å². The molecule has 0 atom stereocenters.